The van der Waals surface area contributed by atoms with Crippen molar-refractivity contribution in [3.63, 3.8) is 0 Å². The number of alkyl halides is 3. The minimum atomic E-state index is -5.01. The van der Waals surface area contributed by atoms with E-state index >= 15 is 0 Å². The lowest BCUT2D eigenvalue weighted by Gasteiger charge is -2.13. The summed E-state index contributed by atoms with van der Waals surface area (Å²) in [6.07, 6.45) is -5.01. The summed E-state index contributed by atoms with van der Waals surface area (Å²) < 4.78 is 65.8. The van der Waals surface area contributed by atoms with Crippen LogP contribution in [0.2, 0.25) is 0 Å². The SMILES string of the molecule is O=C(O)c1ccc(S(=O)(=O)c2ccc3cc(Br)ccc3c2)cc1C(F)(F)F. The summed E-state index contributed by atoms with van der Waals surface area (Å²) in [4.78, 5) is 10.2. The lowest BCUT2D eigenvalue weighted by atomic mass is 10.1. The second-order valence-electron chi connectivity index (χ2n) is 5.67. The zero-order valence-electron chi connectivity index (χ0n) is 13.3. The number of rotatable bonds is 3. The molecule has 3 aromatic carbocycles. The van der Waals surface area contributed by atoms with Crippen LogP contribution in [-0.4, -0.2) is 19.5 Å². The molecule has 1 N–H and O–H groups in total. The first-order chi connectivity index (χ1) is 12.5. The predicted molar refractivity (Wildman–Crippen MR) is 95.5 cm³/mol. The molecule has 0 saturated carbocycles. The summed E-state index contributed by atoms with van der Waals surface area (Å²) in [6.45, 7) is 0. The fraction of sp³-hybridized carbons (Fsp3) is 0.0556. The third-order valence-electron chi connectivity index (χ3n) is 3.92. The predicted octanol–water partition coefficient (Wildman–Crippen LogP) is 5.15. The van der Waals surface area contributed by atoms with Crippen LogP contribution in [-0.2, 0) is 16.0 Å². The van der Waals surface area contributed by atoms with Gasteiger partial charge >= 0.3 is 12.1 Å². The van der Waals surface area contributed by atoms with Crippen molar-refractivity contribution >= 4 is 42.5 Å². The van der Waals surface area contributed by atoms with Gasteiger partial charge in [0.15, 0.2) is 0 Å². The number of fused-ring (bicyclic) bond motifs is 1. The quantitative estimate of drug-likeness (QED) is 0.588. The fourth-order valence-corrected chi connectivity index (χ4v) is 4.31. The average molecular weight is 459 g/mol. The van der Waals surface area contributed by atoms with E-state index in [-0.39, 0.29) is 4.90 Å². The van der Waals surface area contributed by atoms with Gasteiger partial charge in [0.2, 0.25) is 9.84 Å². The lowest BCUT2D eigenvalue weighted by molar-refractivity contribution is -0.138. The third kappa shape index (κ3) is 3.70. The lowest BCUT2D eigenvalue weighted by Crippen LogP contribution is -2.14. The van der Waals surface area contributed by atoms with Crippen molar-refractivity contribution in [1.29, 1.82) is 0 Å². The first kappa shape index (κ1) is 19.4. The molecule has 0 aliphatic rings. The maximum absolute atomic E-state index is 13.2. The van der Waals surface area contributed by atoms with Crippen molar-refractivity contribution in [2.75, 3.05) is 0 Å². The Labute approximate surface area is 160 Å². The molecule has 0 unspecified atom stereocenters. The van der Waals surface area contributed by atoms with Crippen molar-refractivity contribution in [3.05, 3.63) is 70.2 Å². The number of benzene rings is 3. The first-order valence-electron chi connectivity index (χ1n) is 7.39. The second-order valence-corrected chi connectivity index (χ2v) is 8.53. The number of aromatic carboxylic acids is 1. The van der Waals surface area contributed by atoms with Crippen LogP contribution in [0.25, 0.3) is 10.8 Å². The van der Waals surface area contributed by atoms with Gasteiger partial charge in [0.05, 0.1) is 20.9 Å². The number of halogens is 4. The monoisotopic (exact) mass is 458 g/mol. The van der Waals surface area contributed by atoms with E-state index in [0.29, 0.717) is 17.5 Å². The summed E-state index contributed by atoms with van der Waals surface area (Å²) >= 11 is 3.30. The summed E-state index contributed by atoms with van der Waals surface area (Å²) in [7, 11) is -4.27. The van der Waals surface area contributed by atoms with E-state index in [2.05, 4.69) is 15.9 Å². The van der Waals surface area contributed by atoms with Crippen LogP contribution >= 0.6 is 15.9 Å². The molecule has 0 bridgehead atoms. The molecule has 4 nitrogen and oxygen atoms in total. The molecule has 3 rings (SSSR count). The van der Waals surface area contributed by atoms with E-state index in [4.69, 9.17) is 5.11 Å². The molecule has 0 spiro atoms. The van der Waals surface area contributed by atoms with Gasteiger partial charge in [0.1, 0.15) is 0 Å². The summed E-state index contributed by atoms with van der Waals surface area (Å²) in [5, 5.41) is 10.3. The molecule has 140 valence electrons. The summed E-state index contributed by atoms with van der Waals surface area (Å²) in [5.41, 5.74) is -2.52. The van der Waals surface area contributed by atoms with Gasteiger partial charge in [-0.05, 0) is 53.2 Å². The summed E-state index contributed by atoms with van der Waals surface area (Å²) in [6, 6.07) is 11.2. The Morgan fingerprint density at radius 1 is 0.889 bits per heavy atom. The molecule has 9 heteroatoms. The maximum atomic E-state index is 13.2. The number of hydrogen-bond donors (Lipinski definition) is 1. The molecule has 0 aromatic heterocycles. The van der Waals surface area contributed by atoms with Crippen molar-refractivity contribution in [2.45, 2.75) is 16.0 Å². The highest BCUT2D eigenvalue weighted by molar-refractivity contribution is 9.10. The van der Waals surface area contributed by atoms with Crippen molar-refractivity contribution in [2.24, 2.45) is 0 Å². The minimum Gasteiger partial charge on any atom is -0.478 e. The molecule has 0 heterocycles. The minimum absolute atomic E-state index is 0.187. The van der Waals surface area contributed by atoms with Gasteiger partial charge in [0.25, 0.3) is 0 Å². The van der Waals surface area contributed by atoms with Crippen molar-refractivity contribution in [3.8, 4) is 0 Å². The van der Waals surface area contributed by atoms with E-state index < -0.39 is 38.0 Å². The molecule has 0 aliphatic carbocycles. The van der Waals surface area contributed by atoms with Crippen LogP contribution in [0.15, 0.2) is 68.9 Å². The van der Waals surface area contributed by atoms with Gasteiger partial charge in [-0.1, -0.05) is 28.1 Å². The molecule has 0 saturated heterocycles. The van der Waals surface area contributed by atoms with Crippen LogP contribution in [0.1, 0.15) is 15.9 Å². The Morgan fingerprint density at radius 2 is 1.44 bits per heavy atom. The van der Waals surface area contributed by atoms with Crippen LogP contribution in [0.3, 0.4) is 0 Å². The Bertz CT molecular complexity index is 1170. The Hall–Kier alpha value is -2.39. The third-order valence-corrected chi connectivity index (χ3v) is 6.16. The van der Waals surface area contributed by atoms with Crippen LogP contribution in [0, 0.1) is 0 Å². The van der Waals surface area contributed by atoms with Crippen molar-refractivity contribution < 1.29 is 31.5 Å². The zero-order valence-corrected chi connectivity index (χ0v) is 15.7. The molecule has 0 aliphatic heterocycles. The number of carbonyl (C=O) groups is 1. The van der Waals surface area contributed by atoms with Gasteiger partial charge in [-0.15, -0.1) is 0 Å². The Morgan fingerprint density at radius 3 is 2.07 bits per heavy atom. The number of hydrogen-bond acceptors (Lipinski definition) is 3. The maximum Gasteiger partial charge on any atom is 0.417 e. The Balaban J connectivity index is 2.17. The highest BCUT2D eigenvalue weighted by atomic mass is 79.9. The van der Waals surface area contributed by atoms with E-state index in [9.17, 15) is 26.4 Å². The van der Waals surface area contributed by atoms with Gasteiger partial charge in [-0.2, -0.15) is 13.2 Å². The standard InChI is InChI=1S/C18H10BrF3O4S/c19-12-3-1-11-8-13(4-2-10(11)7-12)27(25,26)14-5-6-15(17(23)24)16(9-14)18(20,21)22/h1-9H,(H,23,24). The number of carboxylic acid groups (broad SMARTS) is 1. The van der Waals surface area contributed by atoms with Gasteiger partial charge in [-0.3, -0.25) is 0 Å². The fourth-order valence-electron chi connectivity index (χ4n) is 2.61. The molecule has 0 radical (unpaired) electrons. The largest absolute Gasteiger partial charge is 0.478 e. The molecular weight excluding hydrogens is 449 g/mol. The Kier molecular flexibility index (Phi) is 4.77. The molecule has 0 amide bonds. The normalized spacial score (nSPS) is 12.3. The average Bonchev–Trinajstić information content (AvgIpc) is 2.59. The van der Waals surface area contributed by atoms with Crippen molar-refractivity contribution in [1.82, 2.24) is 0 Å². The van der Waals surface area contributed by atoms with Crippen LogP contribution in [0.5, 0.6) is 0 Å². The smallest absolute Gasteiger partial charge is 0.417 e. The number of sulfone groups is 1. The highest BCUT2D eigenvalue weighted by Gasteiger charge is 2.36. The molecule has 0 atom stereocenters. The van der Waals surface area contributed by atoms with Crippen LogP contribution in [0.4, 0.5) is 13.2 Å². The van der Waals surface area contributed by atoms with Gasteiger partial charge < -0.3 is 5.11 Å². The highest BCUT2D eigenvalue weighted by Crippen LogP contribution is 2.35. The topological polar surface area (TPSA) is 71.4 Å². The van der Waals surface area contributed by atoms with E-state index in [0.717, 1.165) is 15.9 Å². The van der Waals surface area contributed by atoms with Crippen LogP contribution < -0.4 is 0 Å². The number of carboxylic acids is 1. The van der Waals surface area contributed by atoms with Gasteiger partial charge in [0, 0.05) is 4.47 Å². The molecule has 3 aromatic rings. The van der Waals surface area contributed by atoms with E-state index in [1.807, 2.05) is 0 Å². The van der Waals surface area contributed by atoms with E-state index in [1.165, 1.54) is 12.1 Å². The zero-order chi connectivity index (χ0) is 20.0. The molecule has 27 heavy (non-hydrogen) atoms. The molecular formula is C18H10BrF3O4S. The first-order valence-corrected chi connectivity index (χ1v) is 9.67. The van der Waals surface area contributed by atoms with E-state index in [1.54, 1.807) is 24.3 Å². The summed E-state index contributed by atoms with van der Waals surface area (Å²) in [5.74, 6) is -1.79. The second kappa shape index (κ2) is 6.65. The molecule has 0 fully saturated rings. The van der Waals surface area contributed by atoms with Gasteiger partial charge in [-0.25, -0.2) is 13.2 Å².